The fourth-order valence-electron chi connectivity index (χ4n) is 2.50. The van der Waals surface area contributed by atoms with Crippen LogP contribution in [0.25, 0.3) is 0 Å². The van der Waals surface area contributed by atoms with Crippen LogP contribution in [0.5, 0.6) is 5.75 Å². The molecule has 0 spiro atoms. The Labute approximate surface area is 166 Å². The van der Waals surface area contributed by atoms with Crippen LogP contribution in [-0.4, -0.2) is 34.1 Å². The second kappa shape index (κ2) is 10.1. The molecule has 28 heavy (non-hydrogen) atoms. The van der Waals surface area contributed by atoms with E-state index in [-0.39, 0.29) is 17.2 Å². The van der Waals surface area contributed by atoms with Gasteiger partial charge in [-0.3, -0.25) is 9.52 Å². The molecule has 2 rings (SSSR count). The Kier molecular flexibility index (Phi) is 7.83. The molecule has 0 heterocycles. The zero-order valence-corrected chi connectivity index (χ0v) is 17.1. The molecule has 0 unspecified atom stereocenters. The summed E-state index contributed by atoms with van der Waals surface area (Å²) < 4.78 is 38.7. The van der Waals surface area contributed by atoms with Crippen molar-refractivity contribution in [2.45, 2.75) is 32.1 Å². The number of carbonyl (C=O) groups is 1. The summed E-state index contributed by atoms with van der Waals surface area (Å²) in [5, 5.41) is 2.70. The molecule has 8 heteroatoms. The summed E-state index contributed by atoms with van der Waals surface area (Å²) in [6.07, 6.45) is 0.203. The zero-order valence-electron chi connectivity index (χ0n) is 16.3. The highest BCUT2D eigenvalue weighted by Gasteiger charge is 2.18. The van der Waals surface area contributed by atoms with Crippen LogP contribution in [0.1, 0.15) is 25.8 Å². The molecule has 0 bridgehead atoms. The average Bonchev–Trinajstić information content (AvgIpc) is 2.65. The normalized spacial score (nSPS) is 11.1. The van der Waals surface area contributed by atoms with Gasteiger partial charge >= 0.3 is 0 Å². The third kappa shape index (κ3) is 6.24. The number of ether oxygens (including phenoxy) is 2. The van der Waals surface area contributed by atoms with Gasteiger partial charge in [0, 0.05) is 18.0 Å². The molecule has 152 valence electrons. The summed E-state index contributed by atoms with van der Waals surface area (Å²) in [6, 6.07) is 11.4. The molecule has 0 aliphatic carbocycles. The van der Waals surface area contributed by atoms with Crippen molar-refractivity contribution >= 4 is 27.3 Å². The first-order valence-electron chi connectivity index (χ1n) is 9.09. The van der Waals surface area contributed by atoms with E-state index in [0.717, 1.165) is 0 Å². The van der Waals surface area contributed by atoms with Crippen LogP contribution >= 0.6 is 0 Å². The van der Waals surface area contributed by atoms with Crippen LogP contribution in [0.15, 0.2) is 47.4 Å². The molecular formula is C20H26N2O5S. The topological polar surface area (TPSA) is 93.7 Å². The van der Waals surface area contributed by atoms with Crippen molar-refractivity contribution in [3.8, 4) is 5.75 Å². The average molecular weight is 407 g/mol. The number of hydrogen-bond donors (Lipinski definition) is 2. The Morgan fingerprint density at radius 3 is 2.32 bits per heavy atom. The lowest BCUT2D eigenvalue weighted by atomic mass is 10.2. The molecule has 1 amide bonds. The predicted octanol–water partition coefficient (Wildman–Crippen LogP) is 3.56. The van der Waals surface area contributed by atoms with Gasteiger partial charge < -0.3 is 14.8 Å². The number of sulfonamides is 1. The molecule has 0 saturated carbocycles. The van der Waals surface area contributed by atoms with Gasteiger partial charge in [0.05, 0.1) is 24.5 Å². The molecule has 0 saturated heterocycles. The maximum atomic E-state index is 12.8. The van der Waals surface area contributed by atoms with E-state index in [4.69, 9.17) is 9.47 Å². The summed E-state index contributed by atoms with van der Waals surface area (Å²) in [6.45, 7) is 6.82. The summed E-state index contributed by atoms with van der Waals surface area (Å²) in [5.74, 6) is 0.429. The second-order valence-corrected chi connectivity index (χ2v) is 7.69. The van der Waals surface area contributed by atoms with Crippen molar-refractivity contribution in [2.75, 3.05) is 29.9 Å². The number of amides is 1. The molecule has 0 fully saturated rings. The molecule has 0 atom stereocenters. The Hall–Kier alpha value is -2.58. The number of carbonyl (C=O) groups excluding carboxylic acids is 1. The van der Waals surface area contributed by atoms with Gasteiger partial charge in [-0.15, -0.1) is 0 Å². The van der Waals surface area contributed by atoms with E-state index in [2.05, 4.69) is 10.0 Å². The van der Waals surface area contributed by atoms with Crippen molar-refractivity contribution in [1.29, 1.82) is 0 Å². The zero-order chi connectivity index (χ0) is 20.6. The van der Waals surface area contributed by atoms with Gasteiger partial charge in [-0.2, -0.15) is 0 Å². The van der Waals surface area contributed by atoms with E-state index in [1.165, 1.54) is 6.07 Å². The predicted molar refractivity (Wildman–Crippen MR) is 109 cm³/mol. The molecule has 2 aromatic carbocycles. The summed E-state index contributed by atoms with van der Waals surface area (Å²) in [7, 11) is -3.82. The number of anilines is 2. The van der Waals surface area contributed by atoms with Crippen molar-refractivity contribution in [3.05, 3.63) is 48.0 Å². The Bertz CT molecular complexity index is 895. The van der Waals surface area contributed by atoms with Crippen molar-refractivity contribution in [1.82, 2.24) is 0 Å². The van der Waals surface area contributed by atoms with Gasteiger partial charge in [0.2, 0.25) is 5.91 Å². The number of rotatable bonds is 10. The Morgan fingerprint density at radius 1 is 1.00 bits per heavy atom. The lowest BCUT2D eigenvalue weighted by Gasteiger charge is -2.13. The van der Waals surface area contributed by atoms with Crippen molar-refractivity contribution < 1.29 is 22.7 Å². The minimum Gasteiger partial charge on any atom is -0.494 e. The summed E-state index contributed by atoms with van der Waals surface area (Å²) in [4.78, 5) is 12.0. The minimum absolute atomic E-state index is 0.101. The molecule has 7 nitrogen and oxygen atoms in total. The highest BCUT2D eigenvalue weighted by atomic mass is 32.2. The lowest BCUT2D eigenvalue weighted by molar-refractivity contribution is -0.117. The Balaban J connectivity index is 2.14. The van der Waals surface area contributed by atoms with Crippen molar-refractivity contribution in [3.63, 3.8) is 0 Å². The third-order valence-corrected chi connectivity index (χ3v) is 5.38. The van der Waals surface area contributed by atoms with Crippen LogP contribution in [0, 0.1) is 6.92 Å². The van der Waals surface area contributed by atoms with Crippen LogP contribution in [0.3, 0.4) is 0 Å². The first kappa shape index (κ1) is 21.7. The molecule has 2 aromatic rings. The van der Waals surface area contributed by atoms with E-state index < -0.39 is 10.0 Å². The van der Waals surface area contributed by atoms with Gasteiger partial charge in [-0.05, 0) is 62.7 Å². The van der Waals surface area contributed by atoms with Gasteiger partial charge in [0.1, 0.15) is 5.75 Å². The molecule has 0 aromatic heterocycles. The van der Waals surface area contributed by atoms with E-state index >= 15 is 0 Å². The molecule has 2 N–H and O–H groups in total. The molecule has 0 radical (unpaired) electrons. The number of nitrogens with one attached hydrogen (secondary N) is 2. The first-order valence-corrected chi connectivity index (χ1v) is 10.6. The van der Waals surface area contributed by atoms with Crippen LogP contribution in [0.2, 0.25) is 0 Å². The Morgan fingerprint density at radius 2 is 1.68 bits per heavy atom. The monoisotopic (exact) mass is 406 g/mol. The molecule has 0 aliphatic rings. The highest BCUT2D eigenvalue weighted by Crippen LogP contribution is 2.24. The number of hydrogen-bond acceptors (Lipinski definition) is 5. The smallest absolute Gasteiger partial charge is 0.262 e. The third-order valence-electron chi connectivity index (χ3n) is 3.86. The van der Waals surface area contributed by atoms with Crippen LogP contribution in [-0.2, 0) is 19.6 Å². The second-order valence-electron chi connectivity index (χ2n) is 6.04. The van der Waals surface area contributed by atoms with Gasteiger partial charge in [-0.25, -0.2) is 8.42 Å². The quantitative estimate of drug-likeness (QED) is 0.589. The lowest BCUT2D eigenvalue weighted by Crippen LogP contribution is -2.17. The van der Waals surface area contributed by atoms with E-state index in [1.807, 2.05) is 13.8 Å². The van der Waals surface area contributed by atoms with E-state index in [9.17, 15) is 13.2 Å². The fourth-order valence-corrected chi connectivity index (χ4v) is 3.83. The standard InChI is InChI=1S/C20H26N2O5S/c1-4-26-13-12-20(23)21-17-7-6-15(3)19(14-17)28(24,25)22-16-8-10-18(11-9-16)27-5-2/h6-11,14,22H,4-5,12-13H2,1-3H3,(H,21,23). The SMILES string of the molecule is CCOCCC(=O)Nc1ccc(C)c(S(=O)(=O)Nc2ccc(OCC)cc2)c1. The first-order chi connectivity index (χ1) is 13.4. The number of benzene rings is 2. The largest absolute Gasteiger partial charge is 0.494 e. The highest BCUT2D eigenvalue weighted by molar-refractivity contribution is 7.92. The van der Waals surface area contributed by atoms with Crippen LogP contribution < -0.4 is 14.8 Å². The summed E-state index contributed by atoms with van der Waals surface area (Å²) >= 11 is 0. The van der Waals surface area contributed by atoms with Gasteiger partial charge in [0.25, 0.3) is 10.0 Å². The molecule has 0 aliphatic heterocycles. The fraction of sp³-hybridized carbons (Fsp3) is 0.350. The number of aryl methyl sites for hydroxylation is 1. The van der Waals surface area contributed by atoms with Crippen molar-refractivity contribution in [2.24, 2.45) is 0 Å². The maximum Gasteiger partial charge on any atom is 0.262 e. The van der Waals surface area contributed by atoms with E-state index in [1.54, 1.807) is 43.3 Å². The summed E-state index contributed by atoms with van der Waals surface area (Å²) in [5.41, 5.74) is 1.42. The molecular weight excluding hydrogens is 380 g/mol. The minimum atomic E-state index is -3.82. The van der Waals surface area contributed by atoms with E-state index in [0.29, 0.717) is 42.5 Å². The van der Waals surface area contributed by atoms with Crippen LogP contribution in [0.4, 0.5) is 11.4 Å². The van der Waals surface area contributed by atoms with Gasteiger partial charge in [0.15, 0.2) is 0 Å². The maximum absolute atomic E-state index is 12.8. The van der Waals surface area contributed by atoms with Gasteiger partial charge in [-0.1, -0.05) is 6.07 Å².